The molecule has 0 N–H and O–H groups in total. The van der Waals surface area contributed by atoms with E-state index in [-0.39, 0.29) is 0 Å². The number of hydrogen-bond acceptors (Lipinski definition) is 3. The van der Waals surface area contributed by atoms with Gasteiger partial charge in [-0.05, 0) is 30.3 Å². The first-order valence-electron chi connectivity index (χ1n) is 10.1. The fourth-order valence-electron chi connectivity index (χ4n) is 3.73. The van der Waals surface area contributed by atoms with Crippen LogP contribution >= 0.6 is 0 Å². The summed E-state index contributed by atoms with van der Waals surface area (Å²) >= 11 is 0. The number of benzene rings is 3. The van der Waals surface area contributed by atoms with Crippen molar-refractivity contribution in [3.05, 3.63) is 109 Å². The van der Waals surface area contributed by atoms with Crippen LogP contribution in [0.5, 0.6) is 0 Å². The summed E-state index contributed by atoms with van der Waals surface area (Å²) in [5, 5.41) is 0.989. The number of aromatic nitrogens is 2. The van der Waals surface area contributed by atoms with Gasteiger partial charge in [-0.25, -0.2) is 9.97 Å². The standard InChI is InChI=1S/C28H20N2O/c1-3-22-23-17-21(15-16-27(23)31-26(22)4-2)25-18-24(19-11-7-5-8-12-19)29-28(30-25)20-13-9-6-10-14-20/h3-18H,1-2H2. The van der Waals surface area contributed by atoms with Crippen LogP contribution in [-0.2, 0) is 0 Å². The van der Waals surface area contributed by atoms with Gasteiger partial charge in [0, 0.05) is 27.6 Å². The molecule has 5 rings (SSSR count). The fraction of sp³-hybridized carbons (Fsp3) is 0. The number of nitrogens with zero attached hydrogens (tertiary/aromatic N) is 2. The smallest absolute Gasteiger partial charge is 0.160 e. The van der Waals surface area contributed by atoms with Crippen molar-refractivity contribution < 1.29 is 4.42 Å². The predicted octanol–water partition coefficient (Wildman–Crippen LogP) is 7.51. The van der Waals surface area contributed by atoms with Crippen LogP contribution in [-0.4, -0.2) is 9.97 Å². The normalized spacial score (nSPS) is 10.8. The van der Waals surface area contributed by atoms with Gasteiger partial charge < -0.3 is 4.42 Å². The van der Waals surface area contributed by atoms with Gasteiger partial charge in [-0.15, -0.1) is 0 Å². The van der Waals surface area contributed by atoms with Gasteiger partial charge in [0.25, 0.3) is 0 Å². The average molecular weight is 400 g/mol. The van der Waals surface area contributed by atoms with Gasteiger partial charge in [0.15, 0.2) is 5.82 Å². The Bertz CT molecular complexity index is 1340. The molecule has 0 unspecified atom stereocenters. The molecule has 2 heterocycles. The number of rotatable bonds is 5. The lowest BCUT2D eigenvalue weighted by Crippen LogP contribution is -1.95. The summed E-state index contributed by atoms with van der Waals surface area (Å²) in [5.74, 6) is 1.42. The van der Waals surface area contributed by atoms with E-state index in [1.807, 2.05) is 66.7 Å². The SMILES string of the molecule is C=Cc1oc2ccc(-c3cc(-c4ccccc4)nc(-c4ccccc4)n3)cc2c1C=C. The molecule has 3 heteroatoms. The Labute approximate surface area is 181 Å². The third-order valence-corrected chi connectivity index (χ3v) is 5.27. The van der Waals surface area contributed by atoms with E-state index in [1.54, 1.807) is 12.2 Å². The second-order valence-corrected chi connectivity index (χ2v) is 7.19. The lowest BCUT2D eigenvalue weighted by Gasteiger charge is -2.09. The van der Waals surface area contributed by atoms with Crippen LogP contribution in [0.15, 0.2) is 103 Å². The minimum Gasteiger partial charge on any atom is -0.456 e. The molecule has 0 saturated heterocycles. The van der Waals surface area contributed by atoms with E-state index in [0.717, 1.165) is 50.4 Å². The predicted molar refractivity (Wildman–Crippen MR) is 128 cm³/mol. The molecule has 0 saturated carbocycles. The van der Waals surface area contributed by atoms with Gasteiger partial charge >= 0.3 is 0 Å². The highest BCUT2D eigenvalue weighted by Gasteiger charge is 2.14. The zero-order valence-electron chi connectivity index (χ0n) is 17.0. The molecule has 0 spiro atoms. The van der Waals surface area contributed by atoms with Crippen LogP contribution in [0.2, 0.25) is 0 Å². The van der Waals surface area contributed by atoms with Crippen molar-refractivity contribution in [3.8, 4) is 33.9 Å². The molecular formula is C28H20N2O. The van der Waals surface area contributed by atoms with Crippen molar-refractivity contribution >= 4 is 23.1 Å². The summed E-state index contributed by atoms with van der Waals surface area (Å²) in [6.45, 7) is 7.78. The number of fused-ring (bicyclic) bond motifs is 1. The fourth-order valence-corrected chi connectivity index (χ4v) is 3.73. The van der Waals surface area contributed by atoms with Gasteiger partial charge in [0.1, 0.15) is 11.3 Å². The second-order valence-electron chi connectivity index (χ2n) is 7.19. The van der Waals surface area contributed by atoms with Gasteiger partial charge in [-0.2, -0.15) is 0 Å². The molecule has 2 aromatic heterocycles. The summed E-state index contributed by atoms with van der Waals surface area (Å²) in [7, 11) is 0. The van der Waals surface area contributed by atoms with Crippen molar-refractivity contribution in [1.82, 2.24) is 9.97 Å². The molecule has 0 fully saturated rings. The molecule has 31 heavy (non-hydrogen) atoms. The summed E-state index contributed by atoms with van der Waals surface area (Å²) in [5.41, 5.74) is 6.49. The van der Waals surface area contributed by atoms with Crippen LogP contribution in [0, 0.1) is 0 Å². The third kappa shape index (κ3) is 3.47. The Kier molecular flexibility index (Phi) is 4.77. The molecule has 0 aliphatic carbocycles. The van der Waals surface area contributed by atoms with E-state index in [0.29, 0.717) is 5.82 Å². The summed E-state index contributed by atoms with van der Waals surface area (Å²) in [6, 6.07) is 28.3. The van der Waals surface area contributed by atoms with E-state index >= 15 is 0 Å². The quantitative estimate of drug-likeness (QED) is 0.306. The number of furan rings is 1. The summed E-state index contributed by atoms with van der Waals surface area (Å²) in [4.78, 5) is 9.75. The van der Waals surface area contributed by atoms with E-state index in [1.165, 1.54) is 0 Å². The highest BCUT2D eigenvalue weighted by molar-refractivity contribution is 5.93. The first kappa shape index (κ1) is 18.8. The van der Waals surface area contributed by atoms with Crippen molar-refractivity contribution in [1.29, 1.82) is 0 Å². The lowest BCUT2D eigenvalue weighted by molar-refractivity contribution is 0.603. The monoisotopic (exact) mass is 400 g/mol. The Hall–Kier alpha value is -4.24. The van der Waals surface area contributed by atoms with Crippen molar-refractivity contribution in [2.75, 3.05) is 0 Å². The van der Waals surface area contributed by atoms with Crippen LogP contribution in [0.25, 0.3) is 57.0 Å². The molecule has 0 amide bonds. The maximum atomic E-state index is 5.89. The Morgan fingerprint density at radius 2 is 1.29 bits per heavy atom. The molecule has 148 valence electrons. The molecule has 0 aliphatic heterocycles. The first-order valence-corrected chi connectivity index (χ1v) is 10.1. The van der Waals surface area contributed by atoms with Crippen LogP contribution in [0.1, 0.15) is 11.3 Å². The first-order chi connectivity index (χ1) is 15.3. The summed E-state index contributed by atoms with van der Waals surface area (Å²) in [6.07, 6.45) is 3.51. The molecular weight excluding hydrogens is 380 g/mol. The Morgan fingerprint density at radius 3 is 1.94 bits per heavy atom. The van der Waals surface area contributed by atoms with Crippen LogP contribution < -0.4 is 0 Å². The molecule has 3 aromatic carbocycles. The molecule has 5 aromatic rings. The Balaban J connectivity index is 1.73. The second kappa shape index (κ2) is 7.88. The zero-order chi connectivity index (χ0) is 21.2. The molecule has 3 nitrogen and oxygen atoms in total. The topological polar surface area (TPSA) is 38.9 Å². The van der Waals surface area contributed by atoms with Crippen LogP contribution in [0.4, 0.5) is 0 Å². The van der Waals surface area contributed by atoms with Gasteiger partial charge in [0.05, 0.1) is 11.4 Å². The van der Waals surface area contributed by atoms with Crippen molar-refractivity contribution in [2.45, 2.75) is 0 Å². The third-order valence-electron chi connectivity index (χ3n) is 5.27. The van der Waals surface area contributed by atoms with Crippen LogP contribution in [0.3, 0.4) is 0 Å². The maximum absolute atomic E-state index is 5.89. The van der Waals surface area contributed by atoms with E-state index in [9.17, 15) is 0 Å². The minimum atomic E-state index is 0.694. The maximum Gasteiger partial charge on any atom is 0.160 e. The highest BCUT2D eigenvalue weighted by Crippen LogP contribution is 2.33. The van der Waals surface area contributed by atoms with Gasteiger partial charge in [-0.3, -0.25) is 0 Å². The van der Waals surface area contributed by atoms with Crippen molar-refractivity contribution in [2.24, 2.45) is 0 Å². The molecule has 0 atom stereocenters. The zero-order valence-corrected chi connectivity index (χ0v) is 17.0. The molecule has 0 radical (unpaired) electrons. The van der Waals surface area contributed by atoms with E-state index in [4.69, 9.17) is 14.4 Å². The summed E-state index contributed by atoms with van der Waals surface area (Å²) < 4.78 is 5.89. The molecule has 0 bridgehead atoms. The van der Waals surface area contributed by atoms with E-state index < -0.39 is 0 Å². The highest BCUT2D eigenvalue weighted by atomic mass is 16.3. The van der Waals surface area contributed by atoms with E-state index in [2.05, 4.69) is 31.4 Å². The van der Waals surface area contributed by atoms with Gasteiger partial charge in [0.2, 0.25) is 0 Å². The Morgan fingerprint density at radius 1 is 0.645 bits per heavy atom. The number of hydrogen-bond donors (Lipinski definition) is 0. The van der Waals surface area contributed by atoms with Crippen molar-refractivity contribution in [3.63, 3.8) is 0 Å². The van der Waals surface area contributed by atoms with Gasteiger partial charge in [-0.1, -0.05) is 79.9 Å². The average Bonchev–Trinajstić information content (AvgIpc) is 3.22. The molecule has 0 aliphatic rings. The largest absolute Gasteiger partial charge is 0.456 e. The minimum absolute atomic E-state index is 0.694. The lowest BCUT2D eigenvalue weighted by atomic mass is 10.0.